The quantitative estimate of drug-likeness (QED) is 0.488. The molecule has 0 saturated heterocycles. The smallest absolute Gasteiger partial charge is 0.433 e. The molecule has 0 atom stereocenters. The van der Waals surface area contributed by atoms with Crippen molar-refractivity contribution in [1.82, 2.24) is 0 Å². The van der Waals surface area contributed by atoms with E-state index in [9.17, 15) is 14.9 Å². The lowest BCUT2D eigenvalue weighted by atomic mass is 10.0. The molecule has 0 radical (unpaired) electrons. The van der Waals surface area contributed by atoms with Crippen LogP contribution in [0.1, 0.15) is 21.7 Å². The first kappa shape index (κ1) is 12.9. The van der Waals surface area contributed by atoms with E-state index in [0.29, 0.717) is 17.9 Å². The zero-order chi connectivity index (χ0) is 14.3. The molecule has 0 spiro atoms. The standard InChI is InChI=1S/C13H8BrNO5/c14-8-5-7-3-4-19-13(7)9(6-8)12(16)10-1-2-11(20-10)15(17)18/h1-2,5-6H,3-4H2. The number of fused-ring (bicyclic) bond motifs is 1. The van der Waals surface area contributed by atoms with Crippen LogP contribution in [0.15, 0.2) is 33.2 Å². The molecule has 0 saturated carbocycles. The van der Waals surface area contributed by atoms with E-state index in [-0.39, 0.29) is 5.76 Å². The number of carbonyl (C=O) groups excluding carboxylic acids is 1. The molecule has 0 N–H and O–H groups in total. The van der Waals surface area contributed by atoms with Gasteiger partial charge in [0.15, 0.2) is 5.76 Å². The maximum absolute atomic E-state index is 12.4. The van der Waals surface area contributed by atoms with E-state index in [1.165, 1.54) is 6.07 Å². The number of carbonyl (C=O) groups is 1. The van der Waals surface area contributed by atoms with Crippen LogP contribution in [0.25, 0.3) is 0 Å². The molecule has 0 fully saturated rings. The molecule has 0 bridgehead atoms. The molecule has 1 aromatic carbocycles. The normalized spacial score (nSPS) is 12.8. The summed E-state index contributed by atoms with van der Waals surface area (Å²) >= 11 is 3.34. The van der Waals surface area contributed by atoms with Crippen molar-refractivity contribution < 1.29 is 18.9 Å². The predicted octanol–water partition coefficient (Wildman–Crippen LogP) is 3.12. The first-order chi connectivity index (χ1) is 9.56. The number of hydrogen-bond donors (Lipinski definition) is 0. The van der Waals surface area contributed by atoms with E-state index in [4.69, 9.17) is 9.15 Å². The van der Waals surface area contributed by atoms with Gasteiger partial charge < -0.3 is 9.15 Å². The van der Waals surface area contributed by atoms with E-state index in [1.54, 1.807) is 6.07 Å². The van der Waals surface area contributed by atoms with E-state index >= 15 is 0 Å². The monoisotopic (exact) mass is 337 g/mol. The van der Waals surface area contributed by atoms with Crippen LogP contribution >= 0.6 is 15.9 Å². The highest BCUT2D eigenvalue weighted by Crippen LogP contribution is 2.34. The molecular weight excluding hydrogens is 330 g/mol. The van der Waals surface area contributed by atoms with Gasteiger partial charge in [-0.25, -0.2) is 0 Å². The van der Waals surface area contributed by atoms with Gasteiger partial charge in [0.1, 0.15) is 10.7 Å². The topological polar surface area (TPSA) is 82.6 Å². The predicted molar refractivity (Wildman–Crippen MR) is 72.1 cm³/mol. The molecule has 3 rings (SSSR count). The van der Waals surface area contributed by atoms with Gasteiger partial charge in [0.05, 0.1) is 18.2 Å². The molecule has 2 aromatic rings. The van der Waals surface area contributed by atoms with Crippen LogP contribution in [0.5, 0.6) is 5.75 Å². The summed E-state index contributed by atoms with van der Waals surface area (Å²) in [6, 6.07) is 5.97. The number of hydrogen-bond acceptors (Lipinski definition) is 5. The fraction of sp³-hybridized carbons (Fsp3) is 0.154. The lowest BCUT2D eigenvalue weighted by molar-refractivity contribution is -0.402. The molecule has 7 heteroatoms. The summed E-state index contributed by atoms with van der Waals surface area (Å²) in [5.74, 6) is -0.441. The number of furan rings is 1. The Kier molecular flexibility index (Phi) is 3.06. The summed E-state index contributed by atoms with van der Waals surface area (Å²) in [7, 11) is 0. The lowest BCUT2D eigenvalue weighted by Crippen LogP contribution is -2.03. The highest BCUT2D eigenvalue weighted by Gasteiger charge is 2.26. The number of halogens is 1. The van der Waals surface area contributed by atoms with Crippen molar-refractivity contribution >= 4 is 27.6 Å². The lowest BCUT2D eigenvalue weighted by Gasteiger charge is -2.06. The van der Waals surface area contributed by atoms with Gasteiger partial charge in [-0.05, 0) is 23.8 Å². The van der Waals surface area contributed by atoms with Gasteiger partial charge in [-0.15, -0.1) is 0 Å². The number of benzene rings is 1. The molecule has 0 unspecified atom stereocenters. The third-order valence-electron chi connectivity index (χ3n) is 2.99. The van der Waals surface area contributed by atoms with Crippen LogP contribution in [0.3, 0.4) is 0 Å². The summed E-state index contributed by atoms with van der Waals surface area (Å²) in [6.07, 6.45) is 0.730. The average molecular weight is 338 g/mol. The molecular formula is C13H8BrNO5. The van der Waals surface area contributed by atoms with Crippen LogP contribution in [-0.4, -0.2) is 17.3 Å². The van der Waals surface area contributed by atoms with Gasteiger partial charge in [0.25, 0.3) is 0 Å². The Morgan fingerprint density at radius 3 is 2.85 bits per heavy atom. The number of nitrogens with zero attached hydrogens (tertiary/aromatic N) is 1. The summed E-state index contributed by atoms with van der Waals surface area (Å²) in [5, 5.41) is 10.6. The van der Waals surface area contributed by atoms with Gasteiger partial charge >= 0.3 is 5.88 Å². The zero-order valence-electron chi connectivity index (χ0n) is 10.1. The minimum atomic E-state index is -0.682. The van der Waals surface area contributed by atoms with Crippen molar-refractivity contribution in [3.05, 3.63) is 55.7 Å². The Balaban J connectivity index is 2.04. The van der Waals surface area contributed by atoms with Gasteiger partial charge in [-0.1, -0.05) is 15.9 Å². The molecule has 20 heavy (non-hydrogen) atoms. The van der Waals surface area contributed by atoms with Crippen LogP contribution in [0.2, 0.25) is 0 Å². The summed E-state index contributed by atoms with van der Waals surface area (Å²) in [4.78, 5) is 22.3. The molecule has 1 aromatic heterocycles. The Labute approximate surface area is 121 Å². The molecule has 6 nitrogen and oxygen atoms in total. The molecule has 2 heterocycles. The second-order valence-electron chi connectivity index (χ2n) is 4.26. The van der Waals surface area contributed by atoms with E-state index in [2.05, 4.69) is 15.9 Å². The third kappa shape index (κ3) is 2.09. The second-order valence-corrected chi connectivity index (χ2v) is 5.18. The maximum atomic E-state index is 12.4. The van der Waals surface area contributed by atoms with Crippen molar-refractivity contribution in [2.45, 2.75) is 6.42 Å². The first-order valence-corrected chi connectivity index (χ1v) is 6.59. The van der Waals surface area contributed by atoms with Crippen LogP contribution in [0.4, 0.5) is 5.88 Å². The Bertz CT molecular complexity index is 722. The Morgan fingerprint density at radius 1 is 1.35 bits per heavy atom. The minimum absolute atomic E-state index is 0.0764. The number of nitro groups is 1. The summed E-state index contributed by atoms with van der Waals surface area (Å²) < 4.78 is 11.2. The average Bonchev–Trinajstić information content (AvgIpc) is 3.05. The van der Waals surface area contributed by atoms with Crippen LogP contribution in [0, 0.1) is 10.1 Å². The number of ketones is 1. The van der Waals surface area contributed by atoms with Crippen LogP contribution < -0.4 is 4.74 Å². The fourth-order valence-electron chi connectivity index (χ4n) is 2.12. The first-order valence-electron chi connectivity index (χ1n) is 5.80. The van der Waals surface area contributed by atoms with Gasteiger partial charge in [-0.2, -0.15) is 0 Å². The van der Waals surface area contributed by atoms with Gasteiger partial charge in [-0.3, -0.25) is 14.9 Å². The third-order valence-corrected chi connectivity index (χ3v) is 3.45. The second kappa shape index (κ2) is 4.75. The van der Waals surface area contributed by atoms with E-state index < -0.39 is 16.6 Å². The van der Waals surface area contributed by atoms with Crippen molar-refractivity contribution in [2.75, 3.05) is 6.61 Å². The van der Waals surface area contributed by atoms with Crippen LogP contribution in [-0.2, 0) is 6.42 Å². The van der Waals surface area contributed by atoms with E-state index in [1.807, 2.05) is 6.07 Å². The number of rotatable bonds is 3. The maximum Gasteiger partial charge on any atom is 0.433 e. The molecule has 1 aliphatic heterocycles. The fourth-order valence-corrected chi connectivity index (χ4v) is 2.62. The molecule has 1 aliphatic rings. The summed E-state index contributed by atoms with van der Waals surface area (Å²) in [6.45, 7) is 0.518. The van der Waals surface area contributed by atoms with Crippen molar-refractivity contribution in [3.63, 3.8) is 0 Å². The van der Waals surface area contributed by atoms with Crippen molar-refractivity contribution in [2.24, 2.45) is 0 Å². The Hall–Kier alpha value is -2.15. The number of ether oxygens (including phenoxy) is 1. The highest BCUT2D eigenvalue weighted by atomic mass is 79.9. The molecule has 102 valence electrons. The van der Waals surface area contributed by atoms with Crippen molar-refractivity contribution in [1.29, 1.82) is 0 Å². The molecule has 0 amide bonds. The Morgan fingerprint density at radius 2 is 2.15 bits per heavy atom. The summed E-state index contributed by atoms with van der Waals surface area (Å²) in [5.41, 5.74) is 1.28. The van der Waals surface area contributed by atoms with Crippen molar-refractivity contribution in [3.8, 4) is 5.75 Å². The highest BCUT2D eigenvalue weighted by molar-refractivity contribution is 9.10. The minimum Gasteiger partial charge on any atom is -0.492 e. The van der Waals surface area contributed by atoms with Gasteiger partial charge in [0, 0.05) is 10.9 Å². The zero-order valence-corrected chi connectivity index (χ0v) is 11.7. The van der Waals surface area contributed by atoms with E-state index in [0.717, 1.165) is 22.5 Å². The SMILES string of the molecule is O=C(c1ccc([N+](=O)[O-])o1)c1cc(Br)cc2c1OCC2. The van der Waals surface area contributed by atoms with Gasteiger partial charge in [0.2, 0.25) is 5.78 Å². The largest absolute Gasteiger partial charge is 0.492 e. The molecule has 0 aliphatic carbocycles.